The molecule has 3 rings (SSSR count). The largest absolute Gasteiger partial charge is 0.469 e. The Bertz CT molecular complexity index is 1500. The summed E-state index contributed by atoms with van der Waals surface area (Å²) in [6.45, 7) is 8.70. The van der Waals surface area contributed by atoms with Crippen molar-refractivity contribution in [3.63, 3.8) is 0 Å². The second-order valence-corrected chi connectivity index (χ2v) is 7.43. The zero-order valence-corrected chi connectivity index (χ0v) is 19.9. The molecule has 0 unspecified atom stereocenters. The molecule has 0 fully saturated rings. The van der Waals surface area contributed by atoms with Crippen molar-refractivity contribution in [1.82, 2.24) is 9.97 Å². The Labute approximate surface area is 208 Å². The highest BCUT2D eigenvalue weighted by molar-refractivity contribution is 7.09. The Morgan fingerprint density at radius 1 is 1.00 bits per heavy atom. The van der Waals surface area contributed by atoms with Gasteiger partial charge in [-0.15, -0.1) is 11.3 Å². The predicted octanol–water partition coefficient (Wildman–Crippen LogP) is 5.87. The zero-order chi connectivity index (χ0) is 25.3. The van der Waals surface area contributed by atoms with Crippen LogP contribution in [0.3, 0.4) is 0 Å². The Balaban J connectivity index is 0.000000334. The van der Waals surface area contributed by atoms with E-state index in [9.17, 15) is 5.26 Å². The van der Waals surface area contributed by atoms with E-state index in [1.807, 2.05) is 48.7 Å². The number of thiazole rings is 1. The molecule has 2 heterocycles. The SMILES string of the molecule is C=C=C=C=C=C=C=C=C=C=C.C[C@H](N)c1csc(COc2nccc(-c3ccccc3)c2C#N)n1. The quantitative estimate of drug-likeness (QED) is 0.469. The number of pyridine rings is 1. The maximum atomic E-state index is 9.54. The van der Waals surface area contributed by atoms with Gasteiger partial charge in [-0.1, -0.05) is 41.8 Å². The molecule has 0 saturated carbocycles. The number of nitriles is 1. The highest BCUT2D eigenvalue weighted by Crippen LogP contribution is 2.29. The van der Waals surface area contributed by atoms with Gasteiger partial charge in [-0.05, 0) is 71.8 Å². The molecule has 0 amide bonds. The lowest BCUT2D eigenvalue weighted by Gasteiger charge is -2.09. The molecule has 0 spiro atoms. The summed E-state index contributed by atoms with van der Waals surface area (Å²) in [4.78, 5) is 8.62. The predicted molar refractivity (Wildman–Crippen MR) is 136 cm³/mol. The monoisotopic (exact) mass is 472 g/mol. The molecule has 5 nitrogen and oxygen atoms in total. The van der Waals surface area contributed by atoms with E-state index in [-0.39, 0.29) is 12.6 Å². The molecule has 0 saturated heterocycles. The van der Waals surface area contributed by atoms with Crippen molar-refractivity contribution in [2.24, 2.45) is 5.73 Å². The summed E-state index contributed by atoms with van der Waals surface area (Å²) in [5, 5.41) is 12.3. The summed E-state index contributed by atoms with van der Waals surface area (Å²) < 4.78 is 5.74. The molecule has 0 aliphatic rings. The van der Waals surface area contributed by atoms with Crippen molar-refractivity contribution in [1.29, 1.82) is 5.26 Å². The Kier molecular flexibility index (Phi) is 11.2. The molecular weight excluding hydrogens is 452 g/mol. The first-order valence-corrected chi connectivity index (χ1v) is 11.0. The molecular formula is C29H20N4OS. The number of nitrogens with zero attached hydrogens (tertiary/aromatic N) is 3. The first-order valence-electron chi connectivity index (χ1n) is 10.2. The van der Waals surface area contributed by atoms with Gasteiger partial charge in [-0.25, -0.2) is 9.97 Å². The van der Waals surface area contributed by atoms with Crippen LogP contribution >= 0.6 is 11.3 Å². The molecule has 1 aromatic carbocycles. The fourth-order valence-electron chi connectivity index (χ4n) is 2.49. The van der Waals surface area contributed by atoms with Crippen LogP contribution in [0.15, 0.2) is 113 Å². The number of rotatable bonds is 5. The number of aromatic nitrogens is 2. The molecule has 3 aromatic rings. The van der Waals surface area contributed by atoms with Crippen LogP contribution in [0.1, 0.15) is 29.2 Å². The number of hydrogen-bond acceptors (Lipinski definition) is 6. The van der Waals surface area contributed by atoms with Crippen molar-refractivity contribution < 1.29 is 4.74 Å². The molecule has 6 heteroatoms. The van der Waals surface area contributed by atoms with Gasteiger partial charge in [0.1, 0.15) is 23.2 Å². The van der Waals surface area contributed by atoms with Gasteiger partial charge in [-0.3, -0.25) is 0 Å². The highest BCUT2D eigenvalue weighted by atomic mass is 32.1. The average Bonchev–Trinajstić information content (AvgIpc) is 3.37. The third-order valence-corrected chi connectivity index (χ3v) is 4.87. The second-order valence-electron chi connectivity index (χ2n) is 6.49. The van der Waals surface area contributed by atoms with E-state index in [0.29, 0.717) is 11.4 Å². The maximum absolute atomic E-state index is 9.54. The van der Waals surface area contributed by atoms with Gasteiger partial charge in [0.05, 0.1) is 5.69 Å². The number of ether oxygens (including phenoxy) is 1. The average molecular weight is 473 g/mol. The van der Waals surface area contributed by atoms with Gasteiger partial charge < -0.3 is 10.5 Å². The van der Waals surface area contributed by atoms with E-state index in [1.165, 1.54) is 11.3 Å². The van der Waals surface area contributed by atoms with E-state index in [4.69, 9.17) is 10.5 Å². The van der Waals surface area contributed by atoms with Crippen LogP contribution in [0.2, 0.25) is 0 Å². The second kappa shape index (κ2) is 15.0. The smallest absolute Gasteiger partial charge is 0.232 e. The van der Waals surface area contributed by atoms with Crippen molar-refractivity contribution in [3.8, 4) is 23.1 Å². The topological polar surface area (TPSA) is 84.8 Å². The van der Waals surface area contributed by atoms with Crippen LogP contribution in [0, 0.1) is 11.3 Å². The minimum atomic E-state index is -0.107. The first kappa shape index (κ1) is 26.3. The maximum Gasteiger partial charge on any atom is 0.232 e. The van der Waals surface area contributed by atoms with Gasteiger partial charge in [0.2, 0.25) is 5.88 Å². The molecule has 0 aliphatic heterocycles. The number of benzene rings is 1. The van der Waals surface area contributed by atoms with Crippen LogP contribution in [0.5, 0.6) is 5.88 Å². The van der Waals surface area contributed by atoms with E-state index in [2.05, 4.69) is 80.8 Å². The Hall–Kier alpha value is -4.99. The van der Waals surface area contributed by atoms with Crippen LogP contribution in [0.25, 0.3) is 11.1 Å². The van der Waals surface area contributed by atoms with Gasteiger partial charge in [0.25, 0.3) is 0 Å². The summed E-state index contributed by atoms with van der Waals surface area (Å²) in [5.74, 6) is 0.316. The molecule has 2 N–H and O–H groups in total. The molecule has 2 aromatic heterocycles. The lowest BCUT2D eigenvalue weighted by atomic mass is 10.0. The normalized spacial score (nSPS) is 9.17. The van der Waals surface area contributed by atoms with Crippen molar-refractivity contribution in [2.75, 3.05) is 0 Å². The van der Waals surface area contributed by atoms with E-state index in [1.54, 1.807) is 6.20 Å². The summed E-state index contributed by atoms with van der Waals surface area (Å²) in [5.41, 5.74) is 30.8. The zero-order valence-electron chi connectivity index (χ0n) is 19.1. The van der Waals surface area contributed by atoms with Crippen LogP contribution < -0.4 is 10.5 Å². The van der Waals surface area contributed by atoms with Crippen LogP contribution in [-0.4, -0.2) is 9.97 Å². The number of nitrogens with two attached hydrogens (primary N) is 1. The van der Waals surface area contributed by atoms with Crippen LogP contribution in [-0.2, 0) is 6.61 Å². The van der Waals surface area contributed by atoms with Crippen molar-refractivity contribution >= 4 is 11.3 Å². The first-order chi connectivity index (χ1) is 17.1. The third-order valence-electron chi connectivity index (χ3n) is 4.03. The van der Waals surface area contributed by atoms with Crippen LogP contribution in [0.4, 0.5) is 0 Å². The van der Waals surface area contributed by atoms with E-state index < -0.39 is 0 Å². The summed E-state index contributed by atoms with van der Waals surface area (Å²) in [7, 11) is 0. The summed E-state index contributed by atoms with van der Waals surface area (Å²) in [6.07, 6.45) is 1.65. The molecule has 0 aliphatic carbocycles. The van der Waals surface area contributed by atoms with Crippen molar-refractivity contribution in [2.45, 2.75) is 19.6 Å². The number of hydrogen-bond donors (Lipinski definition) is 1. The Morgan fingerprint density at radius 3 is 2.17 bits per heavy atom. The fraction of sp³-hybridized carbons (Fsp3) is 0.103. The summed E-state index contributed by atoms with van der Waals surface area (Å²) in [6, 6.07) is 13.6. The molecule has 35 heavy (non-hydrogen) atoms. The van der Waals surface area contributed by atoms with E-state index >= 15 is 0 Å². The van der Waals surface area contributed by atoms with Crippen molar-refractivity contribution in [3.05, 3.63) is 129 Å². The molecule has 0 bridgehead atoms. The van der Waals surface area contributed by atoms with Gasteiger partial charge in [-0.2, -0.15) is 5.26 Å². The Morgan fingerprint density at radius 2 is 1.63 bits per heavy atom. The molecule has 0 radical (unpaired) electrons. The minimum absolute atomic E-state index is 0.107. The molecule has 168 valence electrons. The van der Waals surface area contributed by atoms with Gasteiger partial charge in [0.15, 0.2) is 0 Å². The fourth-order valence-corrected chi connectivity index (χ4v) is 3.30. The lowest BCUT2D eigenvalue weighted by Crippen LogP contribution is -2.06. The standard InChI is InChI=1S/C18H16N4OS.C11H4/c1-12(20)16-11-24-17(22-16)10-23-18-15(9-19)14(7-8-21-18)13-5-3-2-4-6-13;1-3-5-7-9-11-10-8-6-4-2/h2-8,11-12H,10,20H2,1H3;1-2H2/t12-;/m0./s1. The van der Waals surface area contributed by atoms with E-state index in [0.717, 1.165) is 21.8 Å². The molecule has 1 atom stereocenters. The summed E-state index contributed by atoms with van der Waals surface area (Å²) >= 11 is 1.48. The lowest BCUT2D eigenvalue weighted by molar-refractivity contribution is 0.292. The minimum Gasteiger partial charge on any atom is -0.469 e. The third kappa shape index (κ3) is 8.81. The van der Waals surface area contributed by atoms with Gasteiger partial charge in [0, 0.05) is 23.2 Å². The van der Waals surface area contributed by atoms with Gasteiger partial charge >= 0.3 is 0 Å². The highest BCUT2D eigenvalue weighted by Gasteiger charge is 2.13.